The third-order valence-electron chi connectivity index (χ3n) is 3.76. The summed E-state index contributed by atoms with van der Waals surface area (Å²) in [5, 5.41) is 4.18. The summed E-state index contributed by atoms with van der Waals surface area (Å²) in [6.07, 6.45) is -0.780. The average Bonchev–Trinajstić information content (AvgIpc) is 2.95. The fraction of sp³-hybridized carbons (Fsp3) is 0.471. The topological polar surface area (TPSA) is 120 Å². The summed E-state index contributed by atoms with van der Waals surface area (Å²) >= 11 is 0. The van der Waals surface area contributed by atoms with Crippen molar-refractivity contribution in [3.8, 4) is 5.88 Å². The molecule has 0 spiro atoms. The molecule has 156 valence electrons. The molecule has 0 aliphatic carbocycles. The van der Waals surface area contributed by atoms with Crippen LogP contribution in [-0.2, 0) is 22.2 Å². The molecule has 1 aromatic carbocycles. The molecule has 8 nitrogen and oxygen atoms in total. The Morgan fingerprint density at radius 1 is 1.29 bits per heavy atom. The van der Waals surface area contributed by atoms with Crippen LogP contribution in [-0.4, -0.2) is 19.6 Å². The van der Waals surface area contributed by atoms with Gasteiger partial charge in [0, 0.05) is 18.2 Å². The molecule has 1 heterocycles. The number of nitrogens with zero attached hydrogens (tertiary/aromatic N) is 2. The van der Waals surface area contributed by atoms with E-state index in [-0.39, 0.29) is 29.2 Å². The highest BCUT2D eigenvalue weighted by Crippen LogP contribution is 2.40. The fourth-order valence-electron chi connectivity index (χ4n) is 2.28. The number of benzene rings is 1. The number of ether oxygens (including phenoxy) is 1. The van der Waals surface area contributed by atoms with Gasteiger partial charge >= 0.3 is 7.82 Å². The van der Waals surface area contributed by atoms with Crippen LogP contribution in [0, 0.1) is 17.0 Å². The number of hydrogen-bond acceptors (Lipinski definition) is 5. The SMILES string of the molecule is CC(C)(C)CCn1nc(C(N)OP(=O)(O)O)cc1OCc1cc(F)ccc1F. The van der Waals surface area contributed by atoms with E-state index in [1.165, 1.54) is 10.7 Å². The highest BCUT2D eigenvalue weighted by Gasteiger charge is 2.24. The van der Waals surface area contributed by atoms with E-state index < -0.39 is 25.7 Å². The first-order valence-electron chi connectivity index (χ1n) is 8.48. The van der Waals surface area contributed by atoms with Crippen molar-refractivity contribution in [1.29, 1.82) is 0 Å². The van der Waals surface area contributed by atoms with Gasteiger partial charge in [-0.05, 0) is 30.0 Å². The molecule has 0 radical (unpaired) electrons. The largest absolute Gasteiger partial charge is 0.473 e. The predicted molar refractivity (Wildman–Crippen MR) is 97.0 cm³/mol. The van der Waals surface area contributed by atoms with Gasteiger partial charge < -0.3 is 20.3 Å². The lowest BCUT2D eigenvalue weighted by molar-refractivity contribution is 0.134. The molecule has 0 saturated carbocycles. The van der Waals surface area contributed by atoms with Gasteiger partial charge in [0.15, 0.2) is 6.23 Å². The minimum atomic E-state index is -4.82. The van der Waals surface area contributed by atoms with Crippen molar-refractivity contribution in [1.82, 2.24) is 9.78 Å². The molecule has 2 aromatic rings. The van der Waals surface area contributed by atoms with Crippen LogP contribution >= 0.6 is 7.82 Å². The zero-order chi connectivity index (χ0) is 21.1. The lowest BCUT2D eigenvalue weighted by Gasteiger charge is -2.18. The van der Waals surface area contributed by atoms with E-state index >= 15 is 0 Å². The Morgan fingerprint density at radius 3 is 2.57 bits per heavy atom. The van der Waals surface area contributed by atoms with E-state index in [0.29, 0.717) is 13.0 Å². The third kappa shape index (κ3) is 6.96. The second-order valence-electron chi connectivity index (χ2n) is 7.48. The number of phosphoric acid groups is 1. The maximum atomic E-state index is 13.8. The van der Waals surface area contributed by atoms with Crippen LogP contribution in [0.3, 0.4) is 0 Å². The molecule has 0 saturated heterocycles. The Morgan fingerprint density at radius 2 is 1.96 bits per heavy atom. The van der Waals surface area contributed by atoms with Crippen molar-refractivity contribution >= 4 is 7.82 Å². The van der Waals surface area contributed by atoms with Crippen LogP contribution < -0.4 is 10.5 Å². The smallest absolute Gasteiger partial charge is 0.471 e. The number of aromatic nitrogens is 2. The number of hydrogen-bond donors (Lipinski definition) is 3. The number of aryl methyl sites for hydroxylation is 1. The summed E-state index contributed by atoms with van der Waals surface area (Å²) in [6.45, 7) is 6.24. The highest BCUT2D eigenvalue weighted by atomic mass is 31.2. The Kier molecular flexibility index (Phi) is 6.95. The molecular weight excluding hydrogens is 395 g/mol. The van der Waals surface area contributed by atoms with Gasteiger partial charge in [-0.15, -0.1) is 0 Å². The Labute approximate surface area is 161 Å². The summed E-state index contributed by atoms with van der Waals surface area (Å²) in [5.74, 6) is -1.03. The van der Waals surface area contributed by atoms with Crippen molar-refractivity contribution in [2.75, 3.05) is 0 Å². The van der Waals surface area contributed by atoms with Gasteiger partial charge in [-0.1, -0.05) is 20.8 Å². The molecular formula is C17H24F2N3O5P. The molecule has 4 N–H and O–H groups in total. The zero-order valence-electron chi connectivity index (χ0n) is 15.8. The van der Waals surface area contributed by atoms with E-state index in [1.54, 1.807) is 0 Å². The van der Waals surface area contributed by atoms with Gasteiger partial charge in [-0.25, -0.2) is 18.0 Å². The van der Waals surface area contributed by atoms with Crippen LogP contribution in [0.1, 0.15) is 44.7 Å². The van der Waals surface area contributed by atoms with Crippen LogP contribution in [0.15, 0.2) is 24.3 Å². The van der Waals surface area contributed by atoms with Crippen LogP contribution in [0.2, 0.25) is 0 Å². The minimum Gasteiger partial charge on any atom is -0.473 e. The highest BCUT2D eigenvalue weighted by molar-refractivity contribution is 7.46. The molecule has 0 fully saturated rings. The zero-order valence-corrected chi connectivity index (χ0v) is 16.7. The van der Waals surface area contributed by atoms with Gasteiger partial charge in [0.2, 0.25) is 5.88 Å². The van der Waals surface area contributed by atoms with E-state index in [9.17, 15) is 13.3 Å². The molecule has 1 atom stereocenters. The molecule has 0 aliphatic heterocycles. The monoisotopic (exact) mass is 419 g/mol. The summed E-state index contributed by atoms with van der Waals surface area (Å²) in [6, 6.07) is 4.37. The molecule has 1 unspecified atom stereocenters. The maximum absolute atomic E-state index is 13.8. The standard InChI is InChI=1S/C17H24F2N3O5P/c1-17(2,3)6-7-22-15(9-14(21-22)16(20)27-28(23,24)25)26-10-11-8-12(18)4-5-13(11)19/h4-5,8-9,16H,6-7,10,20H2,1-3H3,(H2,23,24,25). The molecule has 2 rings (SSSR count). The van der Waals surface area contributed by atoms with E-state index in [4.69, 9.17) is 20.3 Å². The molecule has 28 heavy (non-hydrogen) atoms. The van der Waals surface area contributed by atoms with Crippen molar-refractivity contribution in [2.24, 2.45) is 11.1 Å². The summed E-state index contributed by atoms with van der Waals surface area (Å²) in [7, 11) is -4.82. The van der Waals surface area contributed by atoms with Crippen molar-refractivity contribution in [3.63, 3.8) is 0 Å². The number of nitrogens with two attached hydrogens (primary N) is 1. The average molecular weight is 419 g/mol. The van der Waals surface area contributed by atoms with Crippen molar-refractivity contribution in [2.45, 2.75) is 46.6 Å². The predicted octanol–water partition coefficient (Wildman–Crippen LogP) is 3.24. The Hall–Kier alpha value is -1.84. The van der Waals surface area contributed by atoms with Crippen molar-refractivity contribution < 1.29 is 32.4 Å². The van der Waals surface area contributed by atoms with Crippen LogP contribution in [0.5, 0.6) is 5.88 Å². The maximum Gasteiger partial charge on any atom is 0.471 e. The third-order valence-corrected chi connectivity index (χ3v) is 4.26. The number of halogens is 2. The van der Waals surface area contributed by atoms with Crippen molar-refractivity contribution in [3.05, 3.63) is 47.2 Å². The Bertz CT molecular complexity index is 863. The minimum absolute atomic E-state index is 0.0147. The first-order valence-corrected chi connectivity index (χ1v) is 10.0. The summed E-state index contributed by atoms with van der Waals surface area (Å²) in [5.41, 5.74) is 5.66. The number of rotatable bonds is 8. The van der Waals surface area contributed by atoms with Gasteiger partial charge in [-0.2, -0.15) is 5.10 Å². The first-order chi connectivity index (χ1) is 12.8. The van der Waals surface area contributed by atoms with Gasteiger partial charge in [0.25, 0.3) is 0 Å². The second kappa shape index (κ2) is 8.67. The summed E-state index contributed by atoms with van der Waals surface area (Å²) in [4.78, 5) is 17.8. The van der Waals surface area contributed by atoms with Gasteiger partial charge in [0.05, 0.1) is 0 Å². The van der Waals surface area contributed by atoms with Crippen LogP contribution in [0.25, 0.3) is 0 Å². The molecule has 11 heteroatoms. The Balaban J connectivity index is 2.23. The number of phosphoric ester groups is 1. The van der Waals surface area contributed by atoms with E-state index in [0.717, 1.165) is 18.2 Å². The normalized spacial score (nSPS) is 13.6. The van der Waals surface area contributed by atoms with Crippen LogP contribution in [0.4, 0.5) is 8.78 Å². The molecule has 0 bridgehead atoms. The van der Waals surface area contributed by atoms with Gasteiger partial charge in [0.1, 0.15) is 23.9 Å². The molecule has 0 aliphatic rings. The molecule has 1 aromatic heterocycles. The van der Waals surface area contributed by atoms with E-state index in [1.807, 2.05) is 20.8 Å². The fourth-order valence-corrected chi connectivity index (χ4v) is 2.69. The summed E-state index contributed by atoms with van der Waals surface area (Å²) < 4.78 is 49.6. The quantitative estimate of drug-likeness (QED) is 0.444. The second-order valence-corrected chi connectivity index (χ2v) is 8.67. The lowest BCUT2D eigenvalue weighted by Crippen LogP contribution is -2.16. The van der Waals surface area contributed by atoms with E-state index in [2.05, 4.69) is 9.62 Å². The van der Waals surface area contributed by atoms with Gasteiger partial charge in [-0.3, -0.25) is 4.52 Å². The lowest BCUT2D eigenvalue weighted by atomic mass is 9.92. The first kappa shape index (κ1) is 22.4. The molecule has 0 amide bonds.